The molecule has 1 aromatic rings. The molecule has 1 N–H and O–H groups in total. The first-order valence-electron chi connectivity index (χ1n) is 4.16. The van der Waals surface area contributed by atoms with Crippen LogP contribution < -0.4 is 10.2 Å². The predicted octanol–water partition coefficient (Wildman–Crippen LogP) is 0.559. The highest BCUT2D eigenvalue weighted by molar-refractivity contribution is 6.32. The number of hydrogen-bond acceptors (Lipinski definition) is 5. The molecule has 0 spiro atoms. The first-order chi connectivity index (χ1) is 6.72. The molecular weight excluding hydrogens is 204 g/mol. The first kappa shape index (κ1) is 9.21. The van der Waals surface area contributed by atoms with Gasteiger partial charge in [-0.2, -0.15) is 0 Å². The highest BCUT2D eigenvalue weighted by atomic mass is 35.5. The van der Waals surface area contributed by atoms with E-state index in [1.165, 1.54) is 6.33 Å². The summed E-state index contributed by atoms with van der Waals surface area (Å²) in [5.74, 6) is 0.607. The Kier molecular flexibility index (Phi) is 2.25. The molecule has 0 amide bonds. The van der Waals surface area contributed by atoms with Crippen molar-refractivity contribution >= 4 is 29.4 Å². The predicted molar refractivity (Wildman–Crippen MR) is 53.8 cm³/mol. The molecule has 6 heteroatoms. The number of nitrogens with one attached hydrogen (secondary N) is 1. The van der Waals surface area contributed by atoms with Gasteiger partial charge >= 0.3 is 0 Å². The van der Waals surface area contributed by atoms with Crippen molar-refractivity contribution in [3.05, 3.63) is 11.5 Å². The Morgan fingerprint density at radius 1 is 1.71 bits per heavy atom. The number of halogens is 1. The van der Waals surface area contributed by atoms with Crippen LogP contribution in [0.4, 0.5) is 11.5 Å². The minimum atomic E-state index is -0.238. The number of carbonyl (C=O) groups excluding carboxylic acids is 1. The number of likely N-dealkylation sites (N-methyl/N-ethyl adjacent to an activating group) is 1. The van der Waals surface area contributed by atoms with E-state index in [-0.39, 0.29) is 6.04 Å². The summed E-state index contributed by atoms with van der Waals surface area (Å²) < 4.78 is 0. The lowest BCUT2D eigenvalue weighted by Crippen LogP contribution is -2.41. The summed E-state index contributed by atoms with van der Waals surface area (Å²) >= 11 is 5.91. The number of aldehydes is 1. The summed E-state index contributed by atoms with van der Waals surface area (Å²) in [4.78, 5) is 20.4. The van der Waals surface area contributed by atoms with Crippen molar-refractivity contribution in [2.24, 2.45) is 0 Å². The highest BCUT2D eigenvalue weighted by Crippen LogP contribution is 2.32. The molecule has 1 aliphatic heterocycles. The molecule has 0 aliphatic carbocycles. The van der Waals surface area contributed by atoms with Crippen LogP contribution in [0, 0.1) is 0 Å². The second-order valence-corrected chi connectivity index (χ2v) is 3.49. The van der Waals surface area contributed by atoms with Gasteiger partial charge in [0.1, 0.15) is 24.3 Å². The number of fused-ring (bicyclic) bond motifs is 1. The second kappa shape index (κ2) is 3.42. The third kappa shape index (κ3) is 1.39. The fraction of sp³-hybridized carbons (Fsp3) is 0.375. The van der Waals surface area contributed by atoms with Crippen molar-refractivity contribution in [3.63, 3.8) is 0 Å². The Labute approximate surface area is 86.1 Å². The summed E-state index contributed by atoms with van der Waals surface area (Å²) in [6, 6.07) is -0.238. The summed E-state index contributed by atoms with van der Waals surface area (Å²) in [6.07, 6.45) is 2.23. The largest absolute Gasteiger partial charge is 0.367 e. The molecule has 2 heterocycles. The Hall–Kier alpha value is -1.36. The van der Waals surface area contributed by atoms with Crippen molar-refractivity contribution in [1.82, 2.24) is 9.97 Å². The molecule has 0 saturated carbocycles. The fourth-order valence-corrected chi connectivity index (χ4v) is 1.76. The number of carbonyl (C=O) groups is 1. The summed E-state index contributed by atoms with van der Waals surface area (Å²) in [5, 5.41) is 3.37. The van der Waals surface area contributed by atoms with E-state index in [0.29, 0.717) is 17.5 Å². The molecule has 0 bridgehead atoms. The number of rotatable bonds is 1. The van der Waals surface area contributed by atoms with E-state index in [0.717, 1.165) is 12.0 Å². The number of anilines is 2. The van der Waals surface area contributed by atoms with Gasteiger partial charge in [0.2, 0.25) is 0 Å². The molecule has 0 saturated heterocycles. The van der Waals surface area contributed by atoms with Crippen LogP contribution in [-0.2, 0) is 4.79 Å². The fourth-order valence-electron chi connectivity index (χ4n) is 1.49. The van der Waals surface area contributed by atoms with Gasteiger partial charge < -0.3 is 15.0 Å². The Morgan fingerprint density at radius 2 is 2.50 bits per heavy atom. The minimum absolute atomic E-state index is 0.238. The lowest BCUT2D eigenvalue weighted by Gasteiger charge is -2.31. The van der Waals surface area contributed by atoms with Crippen LogP contribution in [0.1, 0.15) is 0 Å². The van der Waals surface area contributed by atoms with E-state index in [4.69, 9.17) is 11.6 Å². The molecule has 74 valence electrons. The third-order valence-corrected chi connectivity index (χ3v) is 2.39. The number of hydrogen-bond donors (Lipinski definition) is 1. The zero-order valence-corrected chi connectivity index (χ0v) is 8.32. The third-order valence-electron chi connectivity index (χ3n) is 2.12. The molecule has 2 rings (SSSR count). The van der Waals surface area contributed by atoms with Gasteiger partial charge in [-0.1, -0.05) is 11.6 Å². The normalized spacial score (nSPS) is 19.9. The van der Waals surface area contributed by atoms with E-state index in [2.05, 4.69) is 15.3 Å². The maximum atomic E-state index is 10.6. The Bertz CT molecular complexity index is 370. The summed E-state index contributed by atoms with van der Waals surface area (Å²) in [6.45, 7) is 0.573. The summed E-state index contributed by atoms with van der Waals surface area (Å²) in [7, 11) is 1.85. The van der Waals surface area contributed by atoms with Crippen LogP contribution in [-0.4, -0.2) is 35.9 Å². The van der Waals surface area contributed by atoms with Crippen LogP contribution in [0.5, 0.6) is 0 Å². The highest BCUT2D eigenvalue weighted by Gasteiger charge is 2.24. The van der Waals surface area contributed by atoms with E-state index in [1.54, 1.807) is 0 Å². The molecule has 0 fully saturated rings. The molecule has 1 aromatic heterocycles. The van der Waals surface area contributed by atoms with Crippen molar-refractivity contribution in [1.29, 1.82) is 0 Å². The average Bonchev–Trinajstić information content (AvgIpc) is 2.17. The molecule has 1 unspecified atom stereocenters. The number of aromatic nitrogens is 2. The lowest BCUT2D eigenvalue weighted by molar-refractivity contribution is -0.108. The van der Waals surface area contributed by atoms with Gasteiger partial charge in [-0.3, -0.25) is 0 Å². The zero-order chi connectivity index (χ0) is 10.1. The maximum Gasteiger partial charge on any atom is 0.157 e. The molecule has 14 heavy (non-hydrogen) atoms. The van der Waals surface area contributed by atoms with Crippen molar-refractivity contribution in [2.45, 2.75) is 6.04 Å². The van der Waals surface area contributed by atoms with Gasteiger partial charge in [-0.15, -0.1) is 0 Å². The van der Waals surface area contributed by atoms with Crippen molar-refractivity contribution < 1.29 is 4.79 Å². The number of nitrogens with zero attached hydrogens (tertiary/aromatic N) is 3. The van der Waals surface area contributed by atoms with E-state index in [1.807, 2.05) is 11.9 Å². The summed E-state index contributed by atoms with van der Waals surface area (Å²) in [5.41, 5.74) is 0.743. The molecule has 1 aliphatic rings. The minimum Gasteiger partial charge on any atom is -0.367 e. The molecule has 0 aromatic carbocycles. The molecule has 5 nitrogen and oxygen atoms in total. The van der Waals surface area contributed by atoms with Crippen LogP contribution in [0.2, 0.25) is 5.15 Å². The van der Waals surface area contributed by atoms with Gasteiger partial charge in [0.15, 0.2) is 11.0 Å². The van der Waals surface area contributed by atoms with E-state index in [9.17, 15) is 4.79 Å². The van der Waals surface area contributed by atoms with Gasteiger partial charge in [-0.25, -0.2) is 9.97 Å². The maximum absolute atomic E-state index is 10.6. The van der Waals surface area contributed by atoms with Gasteiger partial charge in [0, 0.05) is 13.6 Å². The Balaban J connectivity index is 2.44. The van der Waals surface area contributed by atoms with Crippen LogP contribution in [0.15, 0.2) is 6.33 Å². The van der Waals surface area contributed by atoms with Crippen molar-refractivity contribution in [2.75, 3.05) is 23.8 Å². The topological polar surface area (TPSA) is 58.1 Å². The molecule has 0 radical (unpaired) electrons. The molecule has 1 atom stereocenters. The SMILES string of the molecule is CN1CC(C=O)Nc2ncnc(Cl)c21. The second-order valence-electron chi connectivity index (χ2n) is 3.13. The van der Waals surface area contributed by atoms with Crippen LogP contribution in [0.3, 0.4) is 0 Å². The van der Waals surface area contributed by atoms with Gasteiger partial charge in [0.25, 0.3) is 0 Å². The van der Waals surface area contributed by atoms with E-state index >= 15 is 0 Å². The van der Waals surface area contributed by atoms with Crippen molar-refractivity contribution in [3.8, 4) is 0 Å². The first-order valence-corrected chi connectivity index (χ1v) is 4.53. The average molecular weight is 213 g/mol. The van der Waals surface area contributed by atoms with Gasteiger partial charge in [0.05, 0.1) is 0 Å². The van der Waals surface area contributed by atoms with E-state index < -0.39 is 0 Å². The molecular formula is C8H9ClN4O. The van der Waals surface area contributed by atoms with Crippen LogP contribution in [0.25, 0.3) is 0 Å². The smallest absolute Gasteiger partial charge is 0.157 e. The quantitative estimate of drug-likeness (QED) is 0.545. The monoisotopic (exact) mass is 212 g/mol. The standard InChI is InChI=1S/C8H9ClN4O/c1-13-2-5(3-14)12-8-6(13)7(9)10-4-11-8/h3-5H,2H2,1H3,(H,10,11,12). The lowest BCUT2D eigenvalue weighted by atomic mass is 10.2. The van der Waals surface area contributed by atoms with Gasteiger partial charge in [-0.05, 0) is 0 Å². The zero-order valence-electron chi connectivity index (χ0n) is 7.57. The van der Waals surface area contributed by atoms with Crippen LogP contribution >= 0.6 is 11.6 Å². The Morgan fingerprint density at radius 3 is 3.21 bits per heavy atom.